The van der Waals surface area contributed by atoms with E-state index in [1.54, 1.807) is 6.07 Å². The number of aryl methyl sites for hydroxylation is 2. The average Bonchev–Trinajstić information content (AvgIpc) is 2.32. The molecule has 0 bridgehead atoms. The summed E-state index contributed by atoms with van der Waals surface area (Å²) in [6.07, 6.45) is 0. The molecule has 0 aliphatic heterocycles. The molecule has 1 aromatic heterocycles. The van der Waals surface area contributed by atoms with Crippen LogP contribution in [-0.4, -0.2) is 15.0 Å². The highest BCUT2D eigenvalue weighted by Gasteiger charge is 2.06. The number of nitrogens with one attached hydrogen (secondary N) is 1. The van der Waals surface area contributed by atoms with Crippen molar-refractivity contribution in [2.75, 3.05) is 5.32 Å². The Morgan fingerprint density at radius 3 is 2.63 bits per heavy atom. The van der Waals surface area contributed by atoms with Crippen molar-refractivity contribution in [3.8, 4) is 0 Å². The molecule has 2 rings (SSSR count). The maximum absolute atomic E-state index is 5.60. The van der Waals surface area contributed by atoms with Crippen LogP contribution in [0.4, 0.5) is 11.6 Å². The fraction of sp³-hybridized carbons (Fsp3) is 0.154. The van der Waals surface area contributed by atoms with Gasteiger partial charge in [-0.05, 0) is 53.5 Å². The Morgan fingerprint density at radius 2 is 2.00 bits per heavy atom. The number of hydrogen-bond donors (Lipinski definition) is 2. The number of anilines is 2. The summed E-state index contributed by atoms with van der Waals surface area (Å²) < 4.78 is 0.953. The molecule has 0 radical (unpaired) electrons. The first kappa shape index (κ1) is 13.9. The molecule has 0 aliphatic carbocycles. The standard InChI is InChI=1S/C13H13BrN4S/c1-7-3-4-10(9(14)5-7)17-13-16-8(2)6-11(18-13)12(15)19/h3-6H,1-2H3,(H2,15,19)(H,16,17,18). The Balaban J connectivity index is 2.35. The molecule has 4 nitrogen and oxygen atoms in total. The SMILES string of the molecule is Cc1ccc(Nc2nc(C)cc(C(N)=S)n2)c(Br)c1. The van der Waals surface area contributed by atoms with Crippen molar-refractivity contribution >= 4 is 44.8 Å². The summed E-state index contributed by atoms with van der Waals surface area (Å²) in [5.41, 5.74) is 9.04. The number of aromatic nitrogens is 2. The summed E-state index contributed by atoms with van der Waals surface area (Å²) >= 11 is 8.44. The summed E-state index contributed by atoms with van der Waals surface area (Å²) in [5, 5.41) is 3.15. The molecule has 0 spiro atoms. The summed E-state index contributed by atoms with van der Waals surface area (Å²) in [6, 6.07) is 7.76. The van der Waals surface area contributed by atoms with Gasteiger partial charge in [-0.25, -0.2) is 9.97 Å². The summed E-state index contributed by atoms with van der Waals surface area (Å²) in [5.74, 6) is 0.479. The average molecular weight is 337 g/mol. The Morgan fingerprint density at radius 1 is 1.26 bits per heavy atom. The maximum Gasteiger partial charge on any atom is 0.228 e. The van der Waals surface area contributed by atoms with Crippen molar-refractivity contribution in [3.63, 3.8) is 0 Å². The molecule has 0 saturated heterocycles. The third-order valence-corrected chi connectivity index (χ3v) is 3.34. The van der Waals surface area contributed by atoms with E-state index in [2.05, 4.69) is 31.2 Å². The van der Waals surface area contributed by atoms with Crippen LogP contribution in [0.15, 0.2) is 28.7 Å². The topological polar surface area (TPSA) is 63.8 Å². The summed E-state index contributed by atoms with van der Waals surface area (Å²) in [6.45, 7) is 3.90. The van der Waals surface area contributed by atoms with Crippen LogP contribution >= 0.6 is 28.1 Å². The molecule has 0 aliphatic rings. The molecule has 0 amide bonds. The van der Waals surface area contributed by atoms with Gasteiger partial charge in [0.15, 0.2) is 0 Å². The predicted molar refractivity (Wildman–Crippen MR) is 84.8 cm³/mol. The highest BCUT2D eigenvalue weighted by molar-refractivity contribution is 9.10. The molecule has 0 atom stereocenters. The minimum atomic E-state index is 0.261. The van der Waals surface area contributed by atoms with Crippen molar-refractivity contribution in [2.24, 2.45) is 5.73 Å². The first-order valence-corrected chi connectivity index (χ1v) is 6.84. The molecule has 2 aromatic rings. The summed E-state index contributed by atoms with van der Waals surface area (Å²) in [4.78, 5) is 8.86. The van der Waals surface area contributed by atoms with Gasteiger partial charge < -0.3 is 11.1 Å². The van der Waals surface area contributed by atoms with E-state index in [1.165, 1.54) is 5.56 Å². The van der Waals surface area contributed by atoms with Gasteiger partial charge >= 0.3 is 0 Å². The fourth-order valence-corrected chi connectivity index (χ4v) is 2.29. The largest absolute Gasteiger partial charge is 0.388 e. The number of rotatable bonds is 3. The van der Waals surface area contributed by atoms with Crippen LogP contribution in [0.3, 0.4) is 0 Å². The molecule has 98 valence electrons. The lowest BCUT2D eigenvalue weighted by Crippen LogP contribution is -2.13. The maximum atomic E-state index is 5.60. The second-order valence-electron chi connectivity index (χ2n) is 4.19. The molecule has 3 N–H and O–H groups in total. The quantitative estimate of drug-likeness (QED) is 0.842. The van der Waals surface area contributed by atoms with Crippen LogP contribution < -0.4 is 11.1 Å². The van der Waals surface area contributed by atoms with Crippen molar-refractivity contribution in [2.45, 2.75) is 13.8 Å². The molecule has 0 fully saturated rings. The minimum Gasteiger partial charge on any atom is -0.388 e. The summed E-state index contributed by atoms with van der Waals surface area (Å²) in [7, 11) is 0. The molecular formula is C13H13BrN4S. The van der Waals surface area contributed by atoms with Gasteiger partial charge in [-0.2, -0.15) is 0 Å². The normalized spacial score (nSPS) is 10.3. The number of nitrogens with zero attached hydrogens (tertiary/aromatic N) is 2. The van der Waals surface area contributed by atoms with Crippen LogP contribution in [0, 0.1) is 13.8 Å². The van der Waals surface area contributed by atoms with E-state index in [-0.39, 0.29) is 4.99 Å². The van der Waals surface area contributed by atoms with Gasteiger partial charge in [0.2, 0.25) is 5.95 Å². The van der Waals surface area contributed by atoms with E-state index in [4.69, 9.17) is 18.0 Å². The highest BCUT2D eigenvalue weighted by atomic mass is 79.9. The van der Waals surface area contributed by atoms with Gasteiger partial charge in [-0.15, -0.1) is 0 Å². The number of benzene rings is 1. The number of hydrogen-bond acceptors (Lipinski definition) is 4. The zero-order valence-electron chi connectivity index (χ0n) is 10.6. The zero-order valence-corrected chi connectivity index (χ0v) is 13.0. The van der Waals surface area contributed by atoms with E-state index in [1.807, 2.05) is 32.0 Å². The Labute approximate surface area is 125 Å². The van der Waals surface area contributed by atoms with Crippen LogP contribution in [-0.2, 0) is 0 Å². The van der Waals surface area contributed by atoms with Crippen LogP contribution in [0.25, 0.3) is 0 Å². The first-order chi connectivity index (χ1) is 8.95. The molecule has 0 saturated carbocycles. The van der Waals surface area contributed by atoms with Crippen molar-refractivity contribution in [1.29, 1.82) is 0 Å². The molecule has 19 heavy (non-hydrogen) atoms. The second kappa shape index (κ2) is 5.63. The van der Waals surface area contributed by atoms with E-state index >= 15 is 0 Å². The third kappa shape index (κ3) is 3.48. The molecule has 6 heteroatoms. The molecule has 0 unspecified atom stereocenters. The van der Waals surface area contributed by atoms with Gasteiger partial charge in [0.05, 0.1) is 5.69 Å². The monoisotopic (exact) mass is 336 g/mol. The van der Waals surface area contributed by atoms with Crippen molar-refractivity contribution in [3.05, 3.63) is 45.7 Å². The zero-order chi connectivity index (χ0) is 14.0. The second-order valence-corrected chi connectivity index (χ2v) is 5.48. The molecular weight excluding hydrogens is 324 g/mol. The third-order valence-electron chi connectivity index (χ3n) is 2.48. The van der Waals surface area contributed by atoms with Crippen LogP contribution in [0.5, 0.6) is 0 Å². The van der Waals surface area contributed by atoms with E-state index in [0.29, 0.717) is 11.6 Å². The molecule has 1 heterocycles. The lowest BCUT2D eigenvalue weighted by atomic mass is 10.2. The van der Waals surface area contributed by atoms with E-state index in [9.17, 15) is 0 Å². The predicted octanol–water partition coefficient (Wildman–Crippen LogP) is 3.23. The smallest absolute Gasteiger partial charge is 0.228 e. The first-order valence-electron chi connectivity index (χ1n) is 5.64. The van der Waals surface area contributed by atoms with Crippen LogP contribution in [0.2, 0.25) is 0 Å². The van der Waals surface area contributed by atoms with Gasteiger partial charge in [0.25, 0.3) is 0 Å². The Bertz CT molecular complexity index is 643. The Hall–Kier alpha value is -1.53. The molecule has 1 aromatic carbocycles. The van der Waals surface area contributed by atoms with Gasteiger partial charge in [-0.3, -0.25) is 0 Å². The lowest BCUT2D eigenvalue weighted by molar-refractivity contribution is 1.09. The highest BCUT2D eigenvalue weighted by Crippen LogP contribution is 2.25. The lowest BCUT2D eigenvalue weighted by Gasteiger charge is -2.09. The fourth-order valence-electron chi connectivity index (χ4n) is 1.59. The van der Waals surface area contributed by atoms with Gasteiger partial charge in [0.1, 0.15) is 10.7 Å². The number of thiocarbonyl (C=S) groups is 1. The van der Waals surface area contributed by atoms with Crippen molar-refractivity contribution in [1.82, 2.24) is 9.97 Å². The van der Waals surface area contributed by atoms with E-state index < -0.39 is 0 Å². The number of nitrogens with two attached hydrogens (primary N) is 1. The van der Waals surface area contributed by atoms with Crippen LogP contribution in [0.1, 0.15) is 17.0 Å². The Kier molecular flexibility index (Phi) is 4.11. The van der Waals surface area contributed by atoms with Crippen molar-refractivity contribution < 1.29 is 0 Å². The van der Waals surface area contributed by atoms with Gasteiger partial charge in [0, 0.05) is 10.2 Å². The number of halogens is 1. The minimum absolute atomic E-state index is 0.261. The van der Waals surface area contributed by atoms with E-state index in [0.717, 1.165) is 15.9 Å². The van der Waals surface area contributed by atoms with Gasteiger partial charge in [-0.1, -0.05) is 18.3 Å².